The molecule has 0 fully saturated rings. The topological polar surface area (TPSA) is 26.5 Å². The number of nitrogens with zero attached hydrogens (tertiary/aromatic N) is 2. The first-order chi connectivity index (χ1) is 9.60. The molecule has 1 aromatic carbocycles. The predicted octanol–water partition coefficient (Wildman–Crippen LogP) is 3.94. The van der Waals surface area contributed by atoms with E-state index in [1.807, 2.05) is 12.3 Å². The van der Waals surface area contributed by atoms with Crippen LogP contribution in [0.3, 0.4) is 0 Å². The average Bonchev–Trinajstić information content (AvgIpc) is 2.86. The summed E-state index contributed by atoms with van der Waals surface area (Å²) in [6.07, 6.45) is 4.07. The Bertz CT molecular complexity index is 787. The number of hydrogen-bond donors (Lipinski definition) is 0. The van der Waals surface area contributed by atoms with Gasteiger partial charge in [-0.3, -0.25) is 0 Å². The molecule has 2 heterocycles. The van der Waals surface area contributed by atoms with Crippen LogP contribution < -0.4 is 4.74 Å². The molecule has 3 aromatic rings. The van der Waals surface area contributed by atoms with E-state index in [-0.39, 0.29) is 0 Å². The first-order valence-electron chi connectivity index (χ1n) is 6.70. The number of ether oxygens (including phenoxy) is 1. The van der Waals surface area contributed by atoms with Crippen molar-refractivity contribution in [3.8, 4) is 17.0 Å². The molecular formula is C17H18N2O. The van der Waals surface area contributed by atoms with Gasteiger partial charge in [-0.25, -0.2) is 4.98 Å². The van der Waals surface area contributed by atoms with Crippen molar-refractivity contribution in [1.82, 2.24) is 9.38 Å². The SMILES string of the molecule is COc1cc(C)c(C)cc1-c1cn2cccc(C)c2n1. The number of rotatable bonds is 2. The number of aromatic nitrogens is 2. The number of imidazole rings is 1. The van der Waals surface area contributed by atoms with Gasteiger partial charge in [0.25, 0.3) is 0 Å². The van der Waals surface area contributed by atoms with Crippen molar-refractivity contribution < 1.29 is 4.74 Å². The van der Waals surface area contributed by atoms with Gasteiger partial charge in [-0.15, -0.1) is 0 Å². The number of benzene rings is 1. The van der Waals surface area contributed by atoms with Crippen molar-refractivity contribution >= 4 is 5.65 Å². The molecule has 0 radical (unpaired) electrons. The van der Waals surface area contributed by atoms with Crippen molar-refractivity contribution in [2.75, 3.05) is 7.11 Å². The van der Waals surface area contributed by atoms with Crippen molar-refractivity contribution in [2.24, 2.45) is 0 Å². The van der Waals surface area contributed by atoms with Crippen molar-refractivity contribution in [2.45, 2.75) is 20.8 Å². The van der Waals surface area contributed by atoms with E-state index in [1.165, 1.54) is 16.7 Å². The van der Waals surface area contributed by atoms with Crippen LogP contribution in [0.5, 0.6) is 5.75 Å². The normalized spacial score (nSPS) is 11.0. The molecule has 0 spiro atoms. The molecule has 0 aliphatic rings. The lowest BCUT2D eigenvalue weighted by Crippen LogP contribution is -1.91. The Morgan fingerprint density at radius 2 is 1.80 bits per heavy atom. The second kappa shape index (κ2) is 4.67. The lowest BCUT2D eigenvalue weighted by Gasteiger charge is -2.09. The van der Waals surface area contributed by atoms with Gasteiger partial charge in [0.1, 0.15) is 11.4 Å². The second-order valence-electron chi connectivity index (χ2n) is 5.18. The minimum Gasteiger partial charge on any atom is -0.496 e. The van der Waals surface area contributed by atoms with Crippen LogP contribution in [0, 0.1) is 20.8 Å². The summed E-state index contributed by atoms with van der Waals surface area (Å²) in [6, 6.07) is 8.32. The number of methoxy groups -OCH3 is 1. The number of fused-ring (bicyclic) bond motifs is 1. The van der Waals surface area contributed by atoms with E-state index >= 15 is 0 Å². The van der Waals surface area contributed by atoms with Gasteiger partial charge >= 0.3 is 0 Å². The quantitative estimate of drug-likeness (QED) is 0.702. The third kappa shape index (κ3) is 1.95. The van der Waals surface area contributed by atoms with Crippen LogP contribution >= 0.6 is 0 Å². The molecule has 0 atom stereocenters. The monoisotopic (exact) mass is 266 g/mol. The highest BCUT2D eigenvalue weighted by Gasteiger charge is 2.12. The summed E-state index contributed by atoms with van der Waals surface area (Å²) >= 11 is 0. The van der Waals surface area contributed by atoms with Gasteiger partial charge in [-0.05, 0) is 55.7 Å². The zero-order chi connectivity index (χ0) is 14.3. The summed E-state index contributed by atoms with van der Waals surface area (Å²) in [5.41, 5.74) is 6.61. The Kier molecular flexibility index (Phi) is 2.97. The number of aryl methyl sites for hydroxylation is 3. The molecule has 0 unspecified atom stereocenters. The van der Waals surface area contributed by atoms with Crippen LogP contribution in [-0.4, -0.2) is 16.5 Å². The number of pyridine rings is 1. The highest BCUT2D eigenvalue weighted by molar-refractivity contribution is 5.71. The molecule has 3 heteroatoms. The molecule has 102 valence electrons. The fraction of sp³-hybridized carbons (Fsp3) is 0.235. The fourth-order valence-corrected chi connectivity index (χ4v) is 2.44. The molecule has 0 N–H and O–H groups in total. The van der Waals surface area contributed by atoms with E-state index in [4.69, 9.17) is 9.72 Å². The third-order valence-electron chi connectivity index (χ3n) is 3.77. The van der Waals surface area contributed by atoms with Crippen LogP contribution in [0.1, 0.15) is 16.7 Å². The Morgan fingerprint density at radius 3 is 2.50 bits per heavy atom. The van der Waals surface area contributed by atoms with Gasteiger partial charge in [-0.1, -0.05) is 6.07 Å². The van der Waals surface area contributed by atoms with E-state index in [2.05, 4.69) is 49.6 Å². The van der Waals surface area contributed by atoms with Gasteiger partial charge in [-0.2, -0.15) is 0 Å². The van der Waals surface area contributed by atoms with Crippen LogP contribution in [0.2, 0.25) is 0 Å². The van der Waals surface area contributed by atoms with Gasteiger partial charge < -0.3 is 9.14 Å². The Hall–Kier alpha value is -2.29. The molecule has 0 aliphatic carbocycles. The first-order valence-corrected chi connectivity index (χ1v) is 6.70. The molecule has 3 rings (SSSR count). The number of hydrogen-bond acceptors (Lipinski definition) is 2. The van der Waals surface area contributed by atoms with Crippen LogP contribution in [0.15, 0.2) is 36.7 Å². The Balaban J connectivity index is 2.25. The van der Waals surface area contributed by atoms with Crippen molar-refractivity contribution in [3.05, 3.63) is 53.3 Å². The van der Waals surface area contributed by atoms with E-state index in [1.54, 1.807) is 7.11 Å². The summed E-state index contributed by atoms with van der Waals surface area (Å²) in [7, 11) is 1.70. The smallest absolute Gasteiger partial charge is 0.140 e. The fourth-order valence-electron chi connectivity index (χ4n) is 2.44. The summed E-state index contributed by atoms with van der Waals surface area (Å²) in [4.78, 5) is 4.74. The molecule has 0 saturated carbocycles. The van der Waals surface area contributed by atoms with Gasteiger partial charge in [0, 0.05) is 18.0 Å². The Morgan fingerprint density at radius 1 is 1.05 bits per heavy atom. The summed E-state index contributed by atoms with van der Waals surface area (Å²) in [5.74, 6) is 0.870. The summed E-state index contributed by atoms with van der Waals surface area (Å²) in [5, 5.41) is 0. The summed E-state index contributed by atoms with van der Waals surface area (Å²) < 4.78 is 7.57. The van der Waals surface area contributed by atoms with E-state index in [0.29, 0.717) is 0 Å². The minimum atomic E-state index is 0.870. The predicted molar refractivity (Wildman–Crippen MR) is 81.4 cm³/mol. The molecule has 3 nitrogen and oxygen atoms in total. The molecule has 0 amide bonds. The molecule has 0 bridgehead atoms. The van der Waals surface area contributed by atoms with Gasteiger partial charge in [0.15, 0.2) is 0 Å². The maximum Gasteiger partial charge on any atom is 0.140 e. The van der Waals surface area contributed by atoms with Gasteiger partial charge in [0.05, 0.1) is 12.8 Å². The van der Waals surface area contributed by atoms with Crippen molar-refractivity contribution in [3.63, 3.8) is 0 Å². The first kappa shape index (κ1) is 12.7. The maximum atomic E-state index is 5.51. The van der Waals surface area contributed by atoms with E-state index in [9.17, 15) is 0 Å². The molecule has 0 aliphatic heterocycles. The lowest BCUT2D eigenvalue weighted by molar-refractivity contribution is 0.416. The maximum absolute atomic E-state index is 5.51. The molecular weight excluding hydrogens is 248 g/mol. The van der Waals surface area contributed by atoms with Crippen LogP contribution in [0.25, 0.3) is 16.9 Å². The molecule has 20 heavy (non-hydrogen) atoms. The van der Waals surface area contributed by atoms with E-state index in [0.717, 1.165) is 22.7 Å². The largest absolute Gasteiger partial charge is 0.496 e. The highest BCUT2D eigenvalue weighted by Crippen LogP contribution is 2.32. The van der Waals surface area contributed by atoms with Crippen LogP contribution in [0.4, 0.5) is 0 Å². The summed E-state index contributed by atoms with van der Waals surface area (Å²) in [6.45, 7) is 6.28. The van der Waals surface area contributed by atoms with Crippen molar-refractivity contribution in [1.29, 1.82) is 0 Å². The van der Waals surface area contributed by atoms with E-state index < -0.39 is 0 Å². The van der Waals surface area contributed by atoms with Gasteiger partial charge in [0.2, 0.25) is 0 Å². The second-order valence-corrected chi connectivity index (χ2v) is 5.18. The Labute approximate surface area is 118 Å². The molecule has 0 saturated heterocycles. The zero-order valence-corrected chi connectivity index (χ0v) is 12.3. The third-order valence-corrected chi connectivity index (χ3v) is 3.77. The zero-order valence-electron chi connectivity index (χ0n) is 12.3. The highest BCUT2D eigenvalue weighted by atomic mass is 16.5. The standard InChI is InChI=1S/C17H18N2O/c1-11-6-5-7-19-10-15(18-17(11)19)14-8-12(2)13(3)9-16(14)20-4/h5-10H,1-4H3. The minimum absolute atomic E-state index is 0.870. The lowest BCUT2D eigenvalue weighted by atomic mass is 10.0. The molecule has 2 aromatic heterocycles. The average molecular weight is 266 g/mol. The van der Waals surface area contributed by atoms with Crippen LogP contribution in [-0.2, 0) is 0 Å².